The zero-order valence-electron chi connectivity index (χ0n) is 13.6. The van der Waals surface area contributed by atoms with Crippen molar-refractivity contribution in [2.24, 2.45) is 5.92 Å². The molecule has 2 heteroatoms. The first-order chi connectivity index (χ1) is 10.1. The van der Waals surface area contributed by atoms with Gasteiger partial charge >= 0.3 is 0 Å². The van der Waals surface area contributed by atoms with E-state index in [1.54, 1.807) is 7.11 Å². The minimum absolute atomic E-state index is 0.209. The Balaban J connectivity index is 2.01. The highest BCUT2D eigenvalue weighted by atomic mass is 16.7. The summed E-state index contributed by atoms with van der Waals surface area (Å²) in [7, 11) is 1.76. The molecule has 3 atom stereocenters. The number of hydrogen-bond acceptors (Lipinski definition) is 2. The van der Waals surface area contributed by atoms with Gasteiger partial charge in [-0.25, -0.2) is 0 Å². The van der Waals surface area contributed by atoms with E-state index in [-0.39, 0.29) is 6.10 Å². The Hall–Kier alpha value is -1.12. The second kappa shape index (κ2) is 7.24. The van der Waals surface area contributed by atoms with Gasteiger partial charge in [0.25, 0.3) is 0 Å². The van der Waals surface area contributed by atoms with Gasteiger partial charge in [0, 0.05) is 19.4 Å². The minimum atomic E-state index is -0.481. The second-order valence-corrected chi connectivity index (χ2v) is 6.22. The van der Waals surface area contributed by atoms with E-state index in [9.17, 15) is 0 Å². The topological polar surface area (TPSA) is 18.5 Å². The summed E-state index contributed by atoms with van der Waals surface area (Å²) in [5.41, 5.74) is 2.62. The molecular formula is C19H28O2. The van der Waals surface area contributed by atoms with E-state index in [1.807, 2.05) is 0 Å². The van der Waals surface area contributed by atoms with Crippen LogP contribution in [0.2, 0.25) is 0 Å². The normalized spacial score (nSPS) is 27.6. The first kappa shape index (κ1) is 16.3. The van der Waals surface area contributed by atoms with Gasteiger partial charge in [-0.15, -0.1) is 0 Å². The summed E-state index contributed by atoms with van der Waals surface area (Å²) >= 11 is 0. The molecule has 2 nitrogen and oxygen atoms in total. The van der Waals surface area contributed by atoms with Crippen LogP contribution in [-0.4, -0.2) is 19.0 Å². The molecule has 0 bridgehead atoms. The van der Waals surface area contributed by atoms with Crippen molar-refractivity contribution in [3.63, 3.8) is 0 Å². The van der Waals surface area contributed by atoms with Gasteiger partial charge in [0.05, 0.1) is 6.10 Å². The van der Waals surface area contributed by atoms with Gasteiger partial charge in [-0.2, -0.15) is 0 Å². The van der Waals surface area contributed by atoms with Gasteiger partial charge in [-0.1, -0.05) is 56.3 Å². The van der Waals surface area contributed by atoms with Gasteiger partial charge in [0.15, 0.2) is 5.79 Å². The number of ether oxygens (including phenoxy) is 2. The quantitative estimate of drug-likeness (QED) is 0.704. The summed E-state index contributed by atoms with van der Waals surface area (Å²) in [4.78, 5) is 0. The highest BCUT2D eigenvalue weighted by Gasteiger charge is 2.42. The van der Waals surface area contributed by atoms with Crippen LogP contribution in [0, 0.1) is 5.92 Å². The van der Waals surface area contributed by atoms with Gasteiger partial charge < -0.3 is 9.47 Å². The van der Waals surface area contributed by atoms with Crippen LogP contribution < -0.4 is 0 Å². The lowest BCUT2D eigenvalue weighted by Crippen LogP contribution is -2.48. The summed E-state index contributed by atoms with van der Waals surface area (Å²) in [6.45, 7) is 8.61. The fourth-order valence-electron chi connectivity index (χ4n) is 3.16. The SMILES string of the molecule is C=C1C[C@@H](CCc2ccccc2)O[C@@](OC)([C@@H](C)CC)C1. The summed E-state index contributed by atoms with van der Waals surface area (Å²) < 4.78 is 12.2. The lowest BCUT2D eigenvalue weighted by atomic mass is 9.86. The van der Waals surface area contributed by atoms with Crippen LogP contribution >= 0.6 is 0 Å². The lowest BCUT2D eigenvalue weighted by molar-refractivity contribution is -0.283. The van der Waals surface area contributed by atoms with Crippen LogP contribution in [0.5, 0.6) is 0 Å². The Morgan fingerprint density at radius 1 is 1.38 bits per heavy atom. The standard InChI is InChI=1S/C19H28O2/c1-5-16(3)19(20-4)14-15(2)13-18(21-19)12-11-17-9-7-6-8-10-17/h6-10,16,18H,2,5,11-14H2,1,3-4H3/t16-,18+,19+/m0/s1. The molecular weight excluding hydrogens is 260 g/mol. The highest BCUT2D eigenvalue weighted by molar-refractivity contribution is 5.15. The molecule has 0 radical (unpaired) electrons. The van der Waals surface area contributed by atoms with Crippen molar-refractivity contribution in [3.8, 4) is 0 Å². The lowest BCUT2D eigenvalue weighted by Gasteiger charge is -2.44. The number of aryl methyl sites for hydroxylation is 1. The molecule has 1 aliphatic heterocycles. The third-order valence-corrected chi connectivity index (χ3v) is 4.69. The van der Waals surface area contributed by atoms with E-state index >= 15 is 0 Å². The third-order valence-electron chi connectivity index (χ3n) is 4.69. The molecule has 1 aromatic carbocycles. The Kier molecular flexibility index (Phi) is 5.60. The molecule has 0 aromatic heterocycles. The van der Waals surface area contributed by atoms with Crippen LogP contribution in [0.3, 0.4) is 0 Å². The Labute approximate surface area is 129 Å². The number of rotatable bonds is 6. The molecule has 1 aromatic rings. The van der Waals surface area contributed by atoms with E-state index < -0.39 is 5.79 Å². The van der Waals surface area contributed by atoms with E-state index in [0.717, 1.165) is 32.1 Å². The first-order valence-electron chi connectivity index (χ1n) is 8.03. The van der Waals surface area contributed by atoms with Crippen molar-refractivity contribution in [1.82, 2.24) is 0 Å². The fraction of sp³-hybridized carbons (Fsp3) is 0.579. The van der Waals surface area contributed by atoms with Gasteiger partial charge in [0.2, 0.25) is 0 Å². The molecule has 2 rings (SSSR count). The average Bonchev–Trinajstić information content (AvgIpc) is 2.52. The van der Waals surface area contributed by atoms with Crippen LogP contribution in [-0.2, 0) is 15.9 Å². The maximum atomic E-state index is 6.38. The van der Waals surface area contributed by atoms with Gasteiger partial charge in [0.1, 0.15) is 0 Å². The van der Waals surface area contributed by atoms with Crippen molar-refractivity contribution in [2.45, 2.75) is 57.8 Å². The number of methoxy groups -OCH3 is 1. The van der Waals surface area contributed by atoms with E-state index in [1.165, 1.54) is 11.1 Å². The third kappa shape index (κ3) is 3.96. The highest BCUT2D eigenvalue weighted by Crippen LogP contribution is 2.40. The summed E-state index contributed by atoms with van der Waals surface area (Å²) in [5.74, 6) is -0.107. The minimum Gasteiger partial charge on any atom is -0.353 e. The molecule has 0 unspecified atom stereocenters. The van der Waals surface area contributed by atoms with Gasteiger partial charge in [-0.05, 0) is 31.2 Å². The van der Waals surface area contributed by atoms with Crippen LogP contribution in [0.25, 0.3) is 0 Å². The molecule has 0 N–H and O–H groups in total. The predicted octanol–water partition coefficient (Wildman–Crippen LogP) is 4.74. The average molecular weight is 288 g/mol. The summed E-state index contributed by atoms with van der Waals surface area (Å²) in [5, 5.41) is 0. The van der Waals surface area contributed by atoms with Crippen LogP contribution in [0.4, 0.5) is 0 Å². The second-order valence-electron chi connectivity index (χ2n) is 6.22. The molecule has 0 saturated carbocycles. The molecule has 116 valence electrons. The molecule has 1 fully saturated rings. The molecule has 0 amide bonds. The summed E-state index contributed by atoms with van der Waals surface area (Å²) in [6.07, 6.45) is 5.09. The molecule has 1 heterocycles. The monoisotopic (exact) mass is 288 g/mol. The maximum absolute atomic E-state index is 6.38. The molecule has 21 heavy (non-hydrogen) atoms. The van der Waals surface area contributed by atoms with E-state index in [4.69, 9.17) is 9.47 Å². The zero-order chi connectivity index (χ0) is 15.3. The van der Waals surface area contributed by atoms with Crippen molar-refractivity contribution in [2.75, 3.05) is 7.11 Å². The fourth-order valence-corrected chi connectivity index (χ4v) is 3.16. The van der Waals surface area contributed by atoms with E-state index in [2.05, 4.69) is 50.8 Å². The molecule has 0 spiro atoms. The van der Waals surface area contributed by atoms with Crippen LogP contribution in [0.1, 0.15) is 45.1 Å². The van der Waals surface area contributed by atoms with Crippen molar-refractivity contribution in [3.05, 3.63) is 48.0 Å². The van der Waals surface area contributed by atoms with Crippen molar-refractivity contribution < 1.29 is 9.47 Å². The maximum Gasteiger partial charge on any atom is 0.174 e. The van der Waals surface area contributed by atoms with Crippen LogP contribution in [0.15, 0.2) is 42.5 Å². The summed E-state index contributed by atoms with van der Waals surface area (Å²) in [6, 6.07) is 10.6. The zero-order valence-corrected chi connectivity index (χ0v) is 13.6. The van der Waals surface area contributed by atoms with Gasteiger partial charge in [-0.3, -0.25) is 0 Å². The molecule has 1 aliphatic rings. The molecule has 1 saturated heterocycles. The Morgan fingerprint density at radius 3 is 2.71 bits per heavy atom. The first-order valence-corrected chi connectivity index (χ1v) is 8.03. The van der Waals surface area contributed by atoms with Crippen molar-refractivity contribution in [1.29, 1.82) is 0 Å². The smallest absolute Gasteiger partial charge is 0.174 e. The van der Waals surface area contributed by atoms with Crippen molar-refractivity contribution >= 4 is 0 Å². The largest absolute Gasteiger partial charge is 0.353 e. The predicted molar refractivity (Wildman–Crippen MR) is 87.2 cm³/mol. The number of benzene rings is 1. The molecule has 0 aliphatic carbocycles. The van der Waals surface area contributed by atoms with E-state index in [0.29, 0.717) is 5.92 Å². The number of hydrogen-bond donors (Lipinski definition) is 0. The Bertz CT molecular complexity index is 454. The Morgan fingerprint density at radius 2 is 2.10 bits per heavy atom.